The number of nitrogens with two attached hydrogens (primary N) is 1. The SMILES string of the molecule is COc1cc([C@@H](C)N)ccc1OCOCC(F)(F)F. The van der Waals surface area contributed by atoms with Gasteiger partial charge in [0, 0.05) is 6.04 Å². The van der Waals surface area contributed by atoms with E-state index in [0.717, 1.165) is 5.56 Å². The summed E-state index contributed by atoms with van der Waals surface area (Å²) in [5, 5.41) is 0. The zero-order chi connectivity index (χ0) is 14.5. The van der Waals surface area contributed by atoms with Gasteiger partial charge in [0.15, 0.2) is 18.3 Å². The van der Waals surface area contributed by atoms with E-state index in [0.29, 0.717) is 11.5 Å². The molecule has 0 aliphatic rings. The molecule has 0 fully saturated rings. The van der Waals surface area contributed by atoms with E-state index < -0.39 is 19.6 Å². The van der Waals surface area contributed by atoms with Gasteiger partial charge in [0.2, 0.25) is 0 Å². The van der Waals surface area contributed by atoms with Crippen molar-refractivity contribution in [3.63, 3.8) is 0 Å². The highest BCUT2D eigenvalue weighted by molar-refractivity contribution is 5.43. The Balaban J connectivity index is 2.58. The minimum atomic E-state index is -4.37. The van der Waals surface area contributed by atoms with Crippen LogP contribution in [0.3, 0.4) is 0 Å². The van der Waals surface area contributed by atoms with Gasteiger partial charge in [-0.1, -0.05) is 6.07 Å². The highest BCUT2D eigenvalue weighted by atomic mass is 19.4. The molecule has 1 aromatic carbocycles. The monoisotopic (exact) mass is 279 g/mol. The van der Waals surface area contributed by atoms with Crippen LogP contribution in [-0.4, -0.2) is 26.7 Å². The summed E-state index contributed by atoms with van der Waals surface area (Å²) in [5.74, 6) is 0.694. The minimum Gasteiger partial charge on any atom is -0.493 e. The van der Waals surface area contributed by atoms with E-state index >= 15 is 0 Å². The molecule has 0 saturated heterocycles. The molecule has 0 aromatic heterocycles. The van der Waals surface area contributed by atoms with E-state index in [1.54, 1.807) is 18.2 Å². The molecule has 7 heteroatoms. The van der Waals surface area contributed by atoms with Gasteiger partial charge in [-0.05, 0) is 24.6 Å². The van der Waals surface area contributed by atoms with Gasteiger partial charge in [0.1, 0.15) is 6.61 Å². The summed E-state index contributed by atoms with van der Waals surface area (Å²) in [5.41, 5.74) is 6.54. The number of rotatable bonds is 6. The Labute approximate surface area is 109 Å². The van der Waals surface area contributed by atoms with Crippen LogP contribution in [0.5, 0.6) is 11.5 Å². The second-order valence-electron chi connectivity index (χ2n) is 3.92. The summed E-state index contributed by atoms with van der Waals surface area (Å²) in [6, 6.07) is 4.79. The predicted molar refractivity (Wildman–Crippen MR) is 63.1 cm³/mol. The largest absolute Gasteiger partial charge is 0.493 e. The van der Waals surface area contributed by atoms with Gasteiger partial charge >= 0.3 is 6.18 Å². The third-order valence-corrected chi connectivity index (χ3v) is 2.28. The number of ether oxygens (including phenoxy) is 3. The highest BCUT2D eigenvalue weighted by Gasteiger charge is 2.27. The maximum Gasteiger partial charge on any atom is 0.411 e. The first-order valence-corrected chi connectivity index (χ1v) is 5.54. The predicted octanol–water partition coefficient (Wildman–Crippen LogP) is 2.63. The summed E-state index contributed by atoms with van der Waals surface area (Å²) < 4.78 is 50.0. The molecule has 0 unspecified atom stereocenters. The lowest BCUT2D eigenvalue weighted by Crippen LogP contribution is -2.19. The molecule has 1 rings (SSSR count). The van der Waals surface area contributed by atoms with Crippen molar-refractivity contribution < 1.29 is 27.4 Å². The van der Waals surface area contributed by atoms with Gasteiger partial charge in [-0.15, -0.1) is 0 Å². The van der Waals surface area contributed by atoms with Crippen molar-refractivity contribution >= 4 is 0 Å². The molecular formula is C12H16F3NO3. The van der Waals surface area contributed by atoms with E-state index in [1.807, 2.05) is 6.92 Å². The van der Waals surface area contributed by atoms with E-state index in [1.165, 1.54) is 7.11 Å². The standard InChI is InChI=1S/C12H16F3NO3/c1-8(16)9-3-4-10(11(5-9)17-2)19-7-18-6-12(13,14)15/h3-5,8H,6-7,16H2,1-2H3/t8-/m1/s1. The van der Waals surface area contributed by atoms with Crippen molar-refractivity contribution in [2.24, 2.45) is 5.73 Å². The van der Waals surface area contributed by atoms with Crippen molar-refractivity contribution in [1.82, 2.24) is 0 Å². The molecule has 108 valence electrons. The van der Waals surface area contributed by atoms with Crippen LogP contribution in [0.15, 0.2) is 18.2 Å². The highest BCUT2D eigenvalue weighted by Crippen LogP contribution is 2.29. The van der Waals surface area contributed by atoms with Crippen LogP contribution in [0.25, 0.3) is 0 Å². The smallest absolute Gasteiger partial charge is 0.411 e. The van der Waals surface area contributed by atoms with E-state index in [4.69, 9.17) is 15.2 Å². The van der Waals surface area contributed by atoms with Crippen LogP contribution < -0.4 is 15.2 Å². The Hall–Kier alpha value is -1.47. The first-order chi connectivity index (χ1) is 8.83. The fourth-order valence-electron chi connectivity index (χ4n) is 1.35. The number of hydrogen-bond donors (Lipinski definition) is 1. The Bertz CT molecular complexity index is 408. The van der Waals surface area contributed by atoms with Crippen molar-refractivity contribution in [1.29, 1.82) is 0 Å². The first-order valence-electron chi connectivity index (χ1n) is 5.54. The molecule has 2 N–H and O–H groups in total. The number of hydrogen-bond acceptors (Lipinski definition) is 4. The molecule has 0 radical (unpaired) electrons. The van der Waals surface area contributed by atoms with Gasteiger partial charge in [-0.2, -0.15) is 13.2 Å². The molecule has 0 aliphatic heterocycles. The number of methoxy groups -OCH3 is 1. The minimum absolute atomic E-state index is 0.176. The lowest BCUT2D eigenvalue weighted by molar-refractivity contribution is -0.186. The summed E-state index contributed by atoms with van der Waals surface area (Å²) in [6.45, 7) is -0.0532. The van der Waals surface area contributed by atoms with E-state index in [9.17, 15) is 13.2 Å². The van der Waals surface area contributed by atoms with Gasteiger partial charge in [0.25, 0.3) is 0 Å². The average molecular weight is 279 g/mol. The van der Waals surface area contributed by atoms with E-state index in [-0.39, 0.29) is 6.04 Å². The molecular weight excluding hydrogens is 263 g/mol. The van der Waals surface area contributed by atoms with Crippen molar-refractivity contribution in [3.8, 4) is 11.5 Å². The van der Waals surface area contributed by atoms with Crippen molar-refractivity contribution in [2.45, 2.75) is 19.1 Å². The van der Waals surface area contributed by atoms with Crippen molar-refractivity contribution in [3.05, 3.63) is 23.8 Å². The summed E-state index contributed by atoms with van der Waals surface area (Å²) in [7, 11) is 1.43. The molecule has 0 amide bonds. The molecule has 19 heavy (non-hydrogen) atoms. The molecule has 0 aliphatic carbocycles. The molecule has 0 heterocycles. The third-order valence-electron chi connectivity index (χ3n) is 2.28. The molecule has 1 aromatic rings. The van der Waals surface area contributed by atoms with Gasteiger partial charge in [-0.3, -0.25) is 0 Å². The van der Waals surface area contributed by atoms with Crippen LogP contribution in [-0.2, 0) is 4.74 Å². The Morgan fingerprint density at radius 2 is 1.95 bits per heavy atom. The average Bonchev–Trinajstić information content (AvgIpc) is 2.33. The van der Waals surface area contributed by atoms with Gasteiger partial charge in [0.05, 0.1) is 7.11 Å². The molecule has 1 atom stereocenters. The van der Waals surface area contributed by atoms with Crippen LogP contribution in [0.4, 0.5) is 13.2 Å². The van der Waals surface area contributed by atoms with Crippen LogP contribution in [0, 0.1) is 0 Å². The number of benzene rings is 1. The Morgan fingerprint density at radius 3 is 2.47 bits per heavy atom. The maximum atomic E-state index is 11.8. The molecule has 4 nitrogen and oxygen atoms in total. The van der Waals surface area contributed by atoms with Crippen LogP contribution in [0.2, 0.25) is 0 Å². The Kier molecular flexibility index (Phi) is 5.44. The number of halogens is 3. The van der Waals surface area contributed by atoms with Gasteiger partial charge in [-0.25, -0.2) is 0 Å². The first kappa shape index (κ1) is 15.6. The number of alkyl halides is 3. The fourth-order valence-corrected chi connectivity index (χ4v) is 1.35. The van der Waals surface area contributed by atoms with Gasteiger partial charge < -0.3 is 19.9 Å². The van der Waals surface area contributed by atoms with Crippen LogP contribution in [0.1, 0.15) is 18.5 Å². The second-order valence-corrected chi connectivity index (χ2v) is 3.92. The second kappa shape index (κ2) is 6.63. The normalized spacial score (nSPS) is 13.2. The third kappa shape index (κ3) is 5.35. The zero-order valence-electron chi connectivity index (χ0n) is 10.7. The molecule has 0 saturated carbocycles. The molecule has 0 spiro atoms. The lowest BCUT2D eigenvalue weighted by atomic mass is 10.1. The Morgan fingerprint density at radius 1 is 1.26 bits per heavy atom. The van der Waals surface area contributed by atoms with Crippen molar-refractivity contribution in [2.75, 3.05) is 20.5 Å². The molecule has 0 bridgehead atoms. The summed E-state index contributed by atoms with van der Waals surface area (Å²) in [4.78, 5) is 0. The van der Waals surface area contributed by atoms with E-state index in [2.05, 4.69) is 4.74 Å². The fraction of sp³-hybridized carbons (Fsp3) is 0.500. The maximum absolute atomic E-state index is 11.8. The lowest BCUT2D eigenvalue weighted by Gasteiger charge is -2.14. The topological polar surface area (TPSA) is 53.7 Å². The zero-order valence-corrected chi connectivity index (χ0v) is 10.7. The summed E-state index contributed by atoms with van der Waals surface area (Å²) >= 11 is 0. The summed E-state index contributed by atoms with van der Waals surface area (Å²) in [6.07, 6.45) is -4.37. The van der Waals surface area contributed by atoms with Crippen LogP contribution >= 0.6 is 0 Å². The quantitative estimate of drug-likeness (QED) is 0.642.